The van der Waals surface area contributed by atoms with Gasteiger partial charge in [0.25, 0.3) is 0 Å². The molecule has 0 radical (unpaired) electrons. The maximum atomic E-state index is 6.16. The molecule has 2 aliphatic rings. The first kappa shape index (κ1) is 28.4. The lowest BCUT2D eigenvalue weighted by Crippen LogP contribution is -2.37. The number of rotatable bonds is 8. The zero-order chi connectivity index (χ0) is 29.9. The average Bonchev–Trinajstić information content (AvgIpc) is 3.08. The highest BCUT2D eigenvalue weighted by atomic mass is 79.9. The summed E-state index contributed by atoms with van der Waals surface area (Å²) < 4.78 is 12.7. The minimum atomic E-state index is 0.348. The SMILES string of the molecule is COc1cc(C=Nc2cc3c4c(c2)[C@H](c2ccccc2)CCN4CC[C@H]3c2ccccc2)cc(Br)c1OCc1ccccc1. The Morgan fingerprint density at radius 3 is 1.91 bits per heavy atom. The van der Waals surface area contributed by atoms with Crippen molar-refractivity contribution in [3.8, 4) is 11.5 Å². The molecule has 0 amide bonds. The molecule has 0 aliphatic carbocycles. The second kappa shape index (κ2) is 12.7. The largest absolute Gasteiger partial charge is 0.493 e. The van der Waals surface area contributed by atoms with Crippen LogP contribution in [0.15, 0.2) is 125 Å². The van der Waals surface area contributed by atoms with Gasteiger partial charge in [0.2, 0.25) is 0 Å². The van der Waals surface area contributed by atoms with E-state index in [4.69, 9.17) is 14.5 Å². The van der Waals surface area contributed by atoms with E-state index in [1.54, 1.807) is 7.11 Å². The van der Waals surface area contributed by atoms with Crippen LogP contribution in [0.4, 0.5) is 11.4 Å². The predicted octanol–water partition coefficient (Wildman–Crippen LogP) is 9.66. The molecule has 0 aromatic heterocycles. The lowest BCUT2D eigenvalue weighted by atomic mass is 9.76. The van der Waals surface area contributed by atoms with Crippen LogP contribution in [0.2, 0.25) is 0 Å². The molecule has 0 fully saturated rings. The van der Waals surface area contributed by atoms with Crippen LogP contribution in [0.1, 0.15) is 58.1 Å². The second-order valence-corrected chi connectivity index (χ2v) is 12.4. The third-order valence-electron chi connectivity index (χ3n) is 8.84. The molecule has 4 nitrogen and oxygen atoms in total. The van der Waals surface area contributed by atoms with Crippen molar-refractivity contribution >= 4 is 33.5 Å². The smallest absolute Gasteiger partial charge is 0.175 e. The monoisotopic (exact) mass is 642 g/mol. The molecule has 44 heavy (non-hydrogen) atoms. The summed E-state index contributed by atoms with van der Waals surface area (Å²) in [6, 6.07) is 40.7. The van der Waals surface area contributed by atoms with E-state index in [2.05, 4.69) is 106 Å². The topological polar surface area (TPSA) is 34.1 Å². The lowest BCUT2D eigenvalue weighted by molar-refractivity contribution is 0.282. The van der Waals surface area contributed by atoms with Gasteiger partial charge in [-0.3, -0.25) is 4.99 Å². The molecule has 0 saturated heterocycles. The summed E-state index contributed by atoms with van der Waals surface area (Å²) in [6.07, 6.45) is 4.14. The average molecular weight is 644 g/mol. The fourth-order valence-corrected chi connectivity index (χ4v) is 7.32. The molecule has 0 spiro atoms. The third-order valence-corrected chi connectivity index (χ3v) is 9.43. The summed E-state index contributed by atoms with van der Waals surface area (Å²) in [6.45, 7) is 2.62. The van der Waals surface area contributed by atoms with Gasteiger partial charge in [-0.05, 0) is 86.4 Å². The number of halogens is 1. The second-order valence-electron chi connectivity index (χ2n) is 11.5. The molecule has 0 saturated carbocycles. The van der Waals surface area contributed by atoms with Crippen LogP contribution in [-0.2, 0) is 6.61 Å². The van der Waals surface area contributed by atoms with Gasteiger partial charge in [0.05, 0.1) is 17.3 Å². The summed E-state index contributed by atoms with van der Waals surface area (Å²) in [5, 5.41) is 0. The van der Waals surface area contributed by atoms with Crippen molar-refractivity contribution in [3.05, 3.63) is 153 Å². The molecular formula is C39H35BrN2O2. The van der Waals surface area contributed by atoms with Crippen molar-refractivity contribution in [2.75, 3.05) is 25.1 Å². The number of hydrogen-bond donors (Lipinski definition) is 0. The molecular weight excluding hydrogens is 608 g/mol. The zero-order valence-corrected chi connectivity index (χ0v) is 26.4. The van der Waals surface area contributed by atoms with Crippen molar-refractivity contribution < 1.29 is 9.47 Å². The van der Waals surface area contributed by atoms with Gasteiger partial charge in [0, 0.05) is 36.8 Å². The van der Waals surface area contributed by atoms with Gasteiger partial charge in [-0.1, -0.05) is 91.0 Å². The standard InChI is InChI=1S/C39H35BrN2O2/c1-43-37-22-28(21-36(40)39(37)44-26-27-11-5-2-6-12-27)25-41-31-23-34-32(29-13-7-3-8-14-29)17-19-42-20-18-33(35(24-31)38(34)42)30-15-9-4-10-16-30/h2-16,21-25,32-33H,17-20,26H2,1H3/t32-,33-/m0/s1. The molecule has 7 rings (SSSR count). The summed E-state index contributed by atoms with van der Waals surface area (Å²) in [5.41, 5.74) is 9.94. The van der Waals surface area contributed by atoms with Crippen LogP contribution in [0, 0.1) is 0 Å². The fourth-order valence-electron chi connectivity index (χ4n) is 6.75. The van der Waals surface area contributed by atoms with Gasteiger partial charge in [0.1, 0.15) is 6.61 Å². The Morgan fingerprint density at radius 2 is 1.34 bits per heavy atom. The lowest BCUT2D eigenvalue weighted by Gasteiger charge is -2.43. The van der Waals surface area contributed by atoms with Crippen molar-refractivity contribution in [2.24, 2.45) is 4.99 Å². The zero-order valence-electron chi connectivity index (χ0n) is 24.8. The van der Waals surface area contributed by atoms with Gasteiger partial charge < -0.3 is 14.4 Å². The first-order valence-electron chi connectivity index (χ1n) is 15.3. The quantitative estimate of drug-likeness (QED) is 0.158. The molecule has 5 heteroatoms. The van der Waals surface area contributed by atoms with E-state index in [0.29, 0.717) is 29.9 Å². The van der Waals surface area contributed by atoms with Gasteiger partial charge >= 0.3 is 0 Å². The van der Waals surface area contributed by atoms with Gasteiger partial charge in [-0.25, -0.2) is 0 Å². The van der Waals surface area contributed by atoms with Gasteiger partial charge in [-0.15, -0.1) is 0 Å². The van der Waals surface area contributed by atoms with E-state index in [-0.39, 0.29) is 0 Å². The van der Waals surface area contributed by atoms with E-state index < -0.39 is 0 Å². The summed E-state index contributed by atoms with van der Waals surface area (Å²) >= 11 is 3.72. The summed E-state index contributed by atoms with van der Waals surface area (Å²) in [7, 11) is 1.67. The minimum absolute atomic E-state index is 0.348. The Bertz CT molecular complexity index is 1700. The number of nitrogens with zero attached hydrogens (tertiary/aromatic N) is 2. The van der Waals surface area contributed by atoms with E-state index in [0.717, 1.165) is 47.2 Å². The van der Waals surface area contributed by atoms with Crippen LogP contribution in [0.25, 0.3) is 0 Å². The highest BCUT2D eigenvalue weighted by Crippen LogP contribution is 2.50. The minimum Gasteiger partial charge on any atom is -0.493 e. The summed E-state index contributed by atoms with van der Waals surface area (Å²) in [5.74, 6) is 2.05. The fraction of sp³-hybridized carbons (Fsp3) is 0.205. The molecule has 0 unspecified atom stereocenters. The third kappa shape index (κ3) is 5.77. The first-order valence-corrected chi connectivity index (χ1v) is 16.1. The van der Waals surface area contributed by atoms with Crippen molar-refractivity contribution in [3.63, 3.8) is 0 Å². The molecule has 2 heterocycles. The molecule has 0 bridgehead atoms. The summed E-state index contributed by atoms with van der Waals surface area (Å²) in [4.78, 5) is 7.68. The van der Waals surface area contributed by atoms with Crippen LogP contribution in [0.5, 0.6) is 11.5 Å². The number of anilines is 1. The van der Waals surface area contributed by atoms with E-state index >= 15 is 0 Å². The van der Waals surface area contributed by atoms with E-state index in [9.17, 15) is 0 Å². The van der Waals surface area contributed by atoms with Crippen molar-refractivity contribution in [2.45, 2.75) is 31.3 Å². The molecule has 2 atom stereocenters. The molecule has 0 N–H and O–H groups in total. The number of benzene rings is 5. The highest BCUT2D eigenvalue weighted by Gasteiger charge is 2.35. The molecule has 5 aromatic rings. The number of hydrogen-bond acceptors (Lipinski definition) is 4. The van der Waals surface area contributed by atoms with Crippen LogP contribution >= 0.6 is 15.9 Å². The van der Waals surface area contributed by atoms with Crippen LogP contribution in [-0.4, -0.2) is 26.4 Å². The van der Waals surface area contributed by atoms with Gasteiger partial charge in [0.15, 0.2) is 11.5 Å². The van der Waals surface area contributed by atoms with Crippen LogP contribution < -0.4 is 14.4 Å². The Balaban J connectivity index is 1.26. The maximum absolute atomic E-state index is 6.16. The number of ether oxygens (including phenoxy) is 2. The Hall–Kier alpha value is -4.35. The Kier molecular flexibility index (Phi) is 8.21. The molecule has 220 valence electrons. The van der Waals surface area contributed by atoms with Gasteiger partial charge in [-0.2, -0.15) is 0 Å². The Labute approximate surface area is 268 Å². The van der Waals surface area contributed by atoms with Crippen molar-refractivity contribution in [1.29, 1.82) is 0 Å². The van der Waals surface area contributed by atoms with E-state index in [1.807, 2.05) is 36.5 Å². The molecule has 5 aromatic carbocycles. The molecule has 2 aliphatic heterocycles. The number of methoxy groups -OCH3 is 1. The Morgan fingerprint density at radius 1 is 0.773 bits per heavy atom. The normalized spacial score (nSPS) is 17.4. The maximum Gasteiger partial charge on any atom is 0.175 e. The van der Waals surface area contributed by atoms with Crippen LogP contribution in [0.3, 0.4) is 0 Å². The predicted molar refractivity (Wildman–Crippen MR) is 183 cm³/mol. The first-order chi connectivity index (χ1) is 21.7. The van der Waals surface area contributed by atoms with Crippen molar-refractivity contribution in [1.82, 2.24) is 0 Å². The highest BCUT2D eigenvalue weighted by molar-refractivity contribution is 9.10. The number of aliphatic imine (C=N–C) groups is 1. The van der Waals surface area contributed by atoms with E-state index in [1.165, 1.54) is 27.9 Å².